The molecule has 2 bridgehead atoms. The van der Waals surface area contributed by atoms with E-state index in [1.54, 1.807) is 0 Å². The number of nitrogen functional groups attached to an aromatic ring is 1. The fraction of sp³-hybridized carbons (Fsp3) is 0.714. The van der Waals surface area contributed by atoms with Crippen LogP contribution in [0.15, 0.2) is 6.07 Å². The van der Waals surface area contributed by atoms with Crippen molar-refractivity contribution in [2.75, 3.05) is 36.6 Å². The van der Waals surface area contributed by atoms with Crippen LogP contribution in [0.5, 0.6) is 0 Å². The molecule has 104 valence electrons. The Morgan fingerprint density at radius 2 is 2.21 bits per heavy atom. The molecule has 0 amide bonds. The monoisotopic (exact) mass is 261 g/mol. The van der Waals surface area contributed by atoms with Crippen molar-refractivity contribution in [2.24, 2.45) is 17.8 Å². The van der Waals surface area contributed by atoms with E-state index in [2.05, 4.69) is 27.2 Å². The number of anilines is 3. The molecule has 1 heterocycles. The van der Waals surface area contributed by atoms with Crippen molar-refractivity contribution >= 4 is 17.6 Å². The summed E-state index contributed by atoms with van der Waals surface area (Å²) >= 11 is 0. The summed E-state index contributed by atoms with van der Waals surface area (Å²) in [6.45, 7) is 1.08. The van der Waals surface area contributed by atoms with Gasteiger partial charge in [-0.05, 0) is 37.0 Å². The number of fused-ring (bicyclic) bond motifs is 2. The van der Waals surface area contributed by atoms with Crippen LogP contribution in [0.4, 0.5) is 17.6 Å². The molecule has 0 spiro atoms. The molecular weight excluding hydrogens is 238 g/mol. The zero-order chi connectivity index (χ0) is 13.4. The van der Waals surface area contributed by atoms with E-state index in [9.17, 15) is 0 Å². The Hall–Kier alpha value is -1.52. The van der Waals surface area contributed by atoms with E-state index in [1.165, 1.54) is 25.7 Å². The zero-order valence-corrected chi connectivity index (χ0v) is 11.8. The summed E-state index contributed by atoms with van der Waals surface area (Å²) < 4.78 is 0. The maximum atomic E-state index is 5.75. The van der Waals surface area contributed by atoms with Crippen molar-refractivity contribution in [3.05, 3.63) is 6.07 Å². The quantitative estimate of drug-likeness (QED) is 0.867. The molecule has 0 aromatic carbocycles. The van der Waals surface area contributed by atoms with E-state index < -0.39 is 0 Å². The van der Waals surface area contributed by atoms with Gasteiger partial charge in [0.05, 0.1) is 0 Å². The average Bonchev–Trinajstić information content (AvgIpc) is 3.00. The van der Waals surface area contributed by atoms with E-state index in [1.807, 2.05) is 13.1 Å². The highest BCUT2D eigenvalue weighted by atomic mass is 15.2. The van der Waals surface area contributed by atoms with E-state index in [0.29, 0.717) is 5.95 Å². The Bertz CT molecular complexity index is 461. The summed E-state index contributed by atoms with van der Waals surface area (Å²) in [4.78, 5) is 10.7. The van der Waals surface area contributed by atoms with Gasteiger partial charge in [-0.1, -0.05) is 6.42 Å². The van der Waals surface area contributed by atoms with Gasteiger partial charge in [-0.25, -0.2) is 0 Å². The van der Waals surface area contributed by atoms with Gasteiger partial charge < -0.3 is 16.0 Å². The van der Waals surface area contributed by atoms with Gasteiger partial charge >= 0.3 is 0 Å². The molecule has 2 aliphatic rings. The molecule has 0 saturated heterocycles. The predicted octanol–water partition coefficient (Wildman–Crippen LogP) is 1.97. The first kappa shape index (κ1) is 12.5. The van der Waals surface area contributed by atoms with Crippen molar-refractivity contribution in [2.45, 2.75) is 25.7 Å². The Morgan fingerprint density at radius 1 is 1.37 bits per heavy atom. The number of nitrogens with two attached hydrogens (primary N) is 1. The summed E-state index contributed by atoms with van der Waals surface area (Å²) in [5.74, 6) is 4.80. The van der Waals surface area contributed by atoms with Gasteiger partial charge in [-0.2, -0.15) is 9.97 Å². The second-order valence-electron chi connectivity index (χ2n) is 6.04. The number of hydrogen-bond acceptors (Lipinski definition) is 5. The molecule has 3 rings (SSSR count). The minimum atomic E-state index is 0.335. The number of nitrogens with zero attached hydrogens (tertiary/aromatic N) is 3. The van der Waals surface area contributed by atoms with Gasteiger partial charge in [0.1, 0.15) is 11.6 Å². The first-order valence-electron chi connectivity index (χ1n) is 7.19. The summed E-state index contributed by atoms with van der Waals surface area (Å²) in [5.41, 5.74) is 5.75. The van der Waals surface area contributed by atoms with Crippen molar-refractivity contribution in [1.29, 1.82) is 0 Å². The van der Waals surface area contributed by atoms with Crippen molar-refractivity contribution in [1.82, 2.24) is 9.97 Å². The van der Waals surface area contributed by atoms with Gasteiger partial charge in [0, 0.05) is 26.7 Å². The molecule has 0 aliphatic heterocycles. The molecule has 2 fully saturated rings. The van der Waals surface area contributed by atoms with Crippen LogP contribution in [0.2, 0.25) is 0 Å². The van der Waals surface area contributed by atoms with Gasteiger partial charge in [-0.3, -0.25) is 0 Å². The summed E-state index contributed by atoms with van der Waals surface area (Å²) in [6, 6.07) is 1.96. The molecule has 1 aromatic heterocycles. The molecule has 3 unspecified atom stereocenters. The van der Waals surface area contributed by atoms with Crippen LogP contribution >= 0.6 is 0 Å². The van der Waals surface area contributed by atoms with Crippen LogP contribution < -0.4 is 16.0 Å². The lowest BCUT2D eigenvalue weighted by Gasteiger charge is -2.28. The lowest BCUT2D eigenvalue weighted by atomic mass is 9.88. The zero-order valence-electron chi connectivity index (χ0n) is 11.8. The van der Waals surface area contributed by atoms with Crippen LogP contribution in [0, 0.1) is 17.8 Å². The SMILES string of the molecule is CNc1cc(N(C)CC2CC3CCC2C3)nc(N)n1. The molecular formula is C14H23N5. The minimum Gasteiger partial charge on any atom is -0.373 e. The topological polar surface area (TPSA) is 67.1 Å². The molecule has 5 nitrogen and oxygen atoms in total. The van der Waals surface area contributed by atoms with Gasteiger partial charge in [-0.15, -0.1) is 0 Å². The van der Waals surface area contributed by atoms with Gasteiger partial charge in [0.25, 0.3) is 0 Å². The van der Waals surface area contributed by atoms with Crippen LogP contribution in [0.25, 0.3) is 0 Å². The van der Waals surface area contributed by atoms with Gasteiger partial charge in [0.2, 0.25) is 5.95 Å². The summed E-state index contributed by atoms with van der Waals surface area (Å²) in [7, 11) is 3.95. The predicted molar refractivity (Wildman–Crippen MR) is 78.2 cm³/mol. The normalized spacial score (nSPS) is 28.6. The van der Waals surface area contributed by atoms with E-state index >= 15 is 0 Å². The van der Waals surface area contributed by atoms with Crippen LogP contribution in [-0.2, 0) is 0 Å². The summed E-state index contributed by atoms with van der Waals surface area (Å²) in [5, 5.41) is 3.03. The maximum absolute atomic E-state index is 5.75. The first-order chi connectivity index (χ1) is 9.15. The Balaban J connectivity index is 1.70. The second-order valence-corrected chi connectivity index (χ2v) is 6.04. The standard InChI is InChI=1S/C14H23N5/c1-16-12-7-13(18-14(15)17-12)19(2)8-11-6-9-3-4-10(11)5-9/h7,9-11H,3-6,8H2,1-2H3,(H3,15,16,17,18). The third-order valence-corrected chi connectivity index (χ3v) is 4.77. The molecule has 19 heavy (non-hydrogen) atoms. The largest absolute Gasteiger partial charge is 0.373 e. The average molecular weight is 261 g/mol. The highest BCUT2D eigenvalue weighted by Crippen LogP contribution is 2.48. The van der Waals surface area contributed by atoms with Crippen molar-refractivity contribution in [3.63, 3.8) is 0 Å². The maximum Gasteiger partial charge on any atom is 0.223 e. The minimum absolute atomic E-state index is 0.335. The molecule has 0 radical (unpaired) electrons. The molecule has 5 heteroatoms. The van der Waals surface area contributed by atoms with E-state index in [0.717, 1.165) is 35.9 Å². The lowest BCUT2D eigenvalue weighted by Crippen LogP contribution is -2.29. The molecule has 2 saturated carbocycles. The fourth-order valence-electron chi connectivity index (χ4n) is 3.82. The van der Waals surface area contributed by atoms with Crippen LogP contribution in [0.3, 0.4) is 0 Å². The molecule has 2 aliphatic carbocycles. The highest BCUT2D eigenvalue weighted by molar-refractivity contribution is 5.51. The van der Waals surface area contributed by atoms with Crippen molar-refractivity contribution < 1.29 is 0 Å². The lowest BCUT2D eigenvalue weighted by molar-refractivity contribution is 0.337. The third kappa shape index (κ3) is 2.46. The van der Waals surface area contributed by atoms with Crippen LogP contribution in [-0.4, -0.2) is 30.6 Å². The van der Waals surface area contributed by atoms with Crippen LogP contribution in [0.1, 0.15) is 25.7 Å². The van der Waals surface area contributed by atoms with E-state index in [4.69, 9.17) is 5.73 Å². The smallest absolute Gasteiger partial charge is 0.223 e. The van der Waals surface area contributed by atoms with Crippen molar-refractivity contribution in [3.8, 4) is 0 Å². The van der Waals surface area contributed by atoms with E-state index in [-0.39, 0.29) is 0 Å². The Kier molecular flexibility index (Phi) is 3.21. The Morgan fingerprint density at radius 3 is 2.84 bits per heavy atom. The summed E-state index contributed by atoms with van der Waals surface area (Å²) in [6.07, 6.45) is 5.73. The second kappa shape index (κ2) is 4.87. The number of nitrogens with one attached hydrogen (secondary N) is 1. The molecule has 1 aromatic rings. The van der Waals surface area contributed by atoms with Gasteiger partial charge in [0.15, 0.2) is 0 Å². The number of rotatable bonds is 4. The molecule has 3 N–H and O–H groups in total. The Labute approximate surface area is 114 Å². The highest BCUT2D eigenvalue weighted by Gasteiger charge is 2.39. The number of aromatic nitrogens is 2. The fourth-order valence-corrected chi connectivity index (χ4v) is 3.82. The third-order valence-electron chi connectivity index (χ3n) is 4.77. The number of hydrogen-bond donors (Lipinski definition) is 2. The molecule has 3 atom stereocenters. The first-order valence-corrected chi connectivity index (χ1v) is 7.19.